The average Bonchev–Trinajstić information content (AvgIpc) is 2.96. The van der Waals surface area contributed by atoms with Crippen molar-refractivity contribution in [2.75, 3.05) is 13.6 Å². The first-order chi connectivity index (χ1) is 9.31. The Morgan fingerprint density at radius 3 is 2.84 bits per heavy atom. The molecule has 0 spiro atoms. The van der Waals surface area contributed by atoms with Crippen LogP contribution in [-0.4, -0.2) is 19.5 Å². The van der Waals surface area contributed by atoms with Crippen molar-refractivity contribution in [1.82, 2.24) is 10.6 Å². The second-order valence-corrected chi connectivity index (χ2v) is 5.11. The molecule has 0 radical (unpaired) electrons. The number of hydrogen-bond donors (Lipinski definition) is 2. The van der Waals surface area contributed by atoms with Crippen LogP contribution in [0.3, 0.4) is 0 Å². The lowest BCUT2D eigenvalue weighted by Gasteiger charge is -2.09. The third-order valence-electron chi connectivity index (χ3n) is 2.94. The van der Waals surface area contributed by atoms with Crippen molar-refractivity contribution in [3.63, 3.8) is 0 Å². The van der Waals surface area contributed by atoms with Crippen molar-refractivity contribution < 1.29 is 4.79 Å². The van der Waals surface area contributed by atoms with E-state index in [0.29, 0.717) is 6.54 Å². The van der Waals surface area contributed by atoms with Gasteiger partial charge in [0.25, 0.3) is 5.91 Å². The molecule has 4 heteroatoms. The molecule has 0 aliphatic heterocycles. The molecule has 0 aliphatic rings. The summed E-state index contributed by atoms with van der Waals surface area (Å²) < 4.78 is 0. The molecule has 2 aromatic rings. The quantitative estimate of drug-likeness (QED) is 0.849. The van der Waals surface area contributed by atoms with E-state index in [1.165, 1.54) is 0 Å². The number of benzene rings is 1. The standard InChI is InChI=1S/C15H18N2OS/c1-16-8-6-13-4-2-3-5-14(13)15(18)17-10-12-7-9-19-11-12/h2-5,7,9,11,16H,6,8,10H2,1H3,(H,17,18). The van der Waals surface area contributed by atoms with Gasteiger partial charge in [0.2, 0.25) is 0 Å². The van der Waals surface area contributed by atoms with Gasteiger partial charge in [0, 0.05) is 12.1 Å². The molecule has 2 N–H and O–H groups in total. The third-order valence-corrected chi connectivity index (χ3v) is 3.67. The van der Waals surface area contributed by atoms with E-state index in [1.54, 1.807) is 11.3 Å². The maximum Gasteiger partial charge on any atom is 0.251 e. The maximum absolute atomic E-state index is 12.2. The normalized spacial score (nSPS) is 10.4. The highest BCUT2D eigenvalue weighted by Crippen LogP contribution is 2.10. The fourth-order valence-electron chi connectivity index (χ4n) is 1.89. The number of hydrogen-bond acceptors (Lipinski definition) is 3. The zero-order valence-electron chi connectivity index (χ0n) is 11.0. The summed E-state index contributed by atoms with van der Waals surface area (Å²) in [4.78, 5) is 12.2. The Bertz CT molecular complexity index is 523. The Morgan fingerprint density at radius 2 is 2.11 bits per heavy atom. The number of carbonyl (C=O) groups excluding carboxylic acids is 1. The fourth-order valence-corrected chi connectivity index (χ4v) is 2.56. The number of thiophene rings is 1. The van der Waals surface area contributed by atoms with Crippen LogP contribution in [0, 0.1) is 0 Å². The van der Waals surface area contributed by atoms with E-state index in [1.807, 2.05) is 48.1 Å². The molecule has 1 aromatic carbocycles. The molecule has 1 aromatic heterocycles. The highest BCUT2D eigenvalue weighted by atomic mass is 32.1. The predicted molar refractivity (Wildman–Crippen MR) is 79.6 cm³/mol. The summed E-state index contributed by atoms with van der Waals surface area (Å²) in [5, 5.41) is 10.1. The van der Waals surface area contributed by atoms with Crippen molar-refractivity contribution in [3.8, 4) is 0 Å². The minimum atomic E-state index is -0.00194. The predicted octanol–water partition coefficient (Wildman–Crippen LogP) is 2.44. The van der Waals surface area contributed by atoms with Crippen LogP contribution < -0.4 is 10.6 Å². The molecule has 0 fully saturated rings. The lowest BCUT2D eigenvalue weighted by Crippen LogP contribution is -2.24. The van der Waals surface area contributed by atoms with Crippen molar-refractivity contribution in [3.05, 3.63) is 57.8 Å². The summed E-state index contributed by atoms with van der Waals surface area (Å²) in [6.45, 7) is 1.46. The average molecular weight is 274 g/mol. The van der Waals surface area contributed by atoms with Gasteiger partial charge in [-0.3, -0.25) is 4.79 Å². The molecule has 0 atom stereocenters. The van der Waals surface area contributed by atoms with E-state index in [4.69, 9.17) is 0 Å². The molecule has 100 valence electrons. The SMILES string of the molecule is CNCCc1ccccc1C(=O)NCc1ccsc1. The lowest BCUT2D eigenvalue weighted by molar-refractivity contribution is 0.0950. The Balaban J connectivity index is 2.01. The smallest absolute Gasteiger partial charge is 0.251 e. The Hall–Kier alpha value is -1.65. The van der Waals surface area contributed by atoms with Crippen LogP contribution in [0.2, 0.25) is 0 Å². The van der Waals surface area contributed by atoms with Crippen LogP contribution in [-0.2, 0) is 13.0 Å². The van der Waals surface area contributed by atoms with Gasteiger partial charge in [0.05, 0.1) is 0 Å². The molecule has 0 saturated carbocycles. The Morgan fingerprint density at radius 1 is 1.26 bits per heavy atom. The molecule has 19 heavy (non-hydrogen) atoms. The van der Waals surface area contributed by atoms with Crippen LogP contribution in [0.5, 0.6) is 0 Å². The summed E-state index contributed by atoms with van der Waals surface area (Å²) in [6, 6.07) is 9.80. The molecule has 1 amide bonds. The first-order valence-electron chi connectivity index (χ1n) is 6.33. The minimum absolute atomic E-state index is 0.00194. The van der Waals surface area contributed by atoms with Gasteiger partial charge >= 0.3 is 0 Å². The summed E-state index contributed by atoms with van der Waals surface area (Å²) in [5.74, 6) is -0.00194. The van der Waals surface area contributed by atoms with E-state index in [0.717, 1.165) is 29.7 Å². The van der Waals surface area contributed by atoms with Gasteiger partial charge in [-0.05, 0) is 54.0 Å². The van der Waals surface area contributed by atoms with Gasteiger partial charge in [-0.2, -0.15) is 11.3 Å². The van der Waals surface area contributed by atoms with Gasteiger partial charge in [-0.15, -0.1) is 0 Å². The number of amides is 1. The molecule has 0 aliphatic carbocycles. The number of rotatable bonds is 6. The second kappa shape index (κ2) is 7.07. The molecule has 2 rings (SSSR count). The second-order valence-electron chi connectivity index (χ2n) is 4.32. The van der Waals surface area contributed by atoms with Crippen LogP contribution >= 0.6 is 11.3 Å². The fraction of sp³-hybridized carbons (Fsp3) is 0.267. The van der Waals surface area contributed by atoms with Crippen molar-refractivity contribution in [2.45, 2.75) is 13.0 Å². The molecule has 0 unspecified atom stereocenters. The van der Waals surface area contributed by atoms with Crippen molar-refractivity contribution in [2.24, 2.45) is 0 Å². The molecule has 3 nitrogen and oxygen atoms in total. The largest absolute Gasteiger partial charge is 0.348 e. The summed E-state index contributed by atoms with van der Waals surface area (Å²) in [5.41, 5.74) is 3.00. The number of likely N-dealkylation sites (N-methyl/N-ethyl adjacent to an activating group) is 1. The molecular formula is C15H18N2OS. The topological polar surface area (TPSA) is 41.1 Å². The molecule has 0 bridgehead atoms. The molecule has 0 saturated heterocycles. The van der Waals surface area contributed by atoms with E-state index in [-0.39, 0.29) is 5.91 Å². The first kappa shape index (κ1) is 13.8. The molecular weight excluding hydrogens is 256 g/mol. The number of carbonyl (C=O) groups is 1. The lowest BCUT2D eigenvalue weighted by atomic mass is 10.0. The minimum Gasteiger partial charge on any atom is -0.348 e. The summed E-state index contributed by atoms with van der Waals surface area (Å²) in [6.07, 6.45) is 0.860. The Labute approximate surface area is 117 Å². The number of nitrogens with one attached hydrogen (secondary N) is 2. The van der Waals surface area contributed by atoms with E-state index in [9.17, 15) is 4.79 Å². The van der Waals surface area contributed by atoms with Crippen LogP contribution in [0.1, 0.15) is 21.5 Å². The van der Waals surface area contributed by atoms with Crippen LogP contribution in [0.4, 0.5) is 0 Å². The van der Waals surface area contributed by atoms with Gasteiger partial charge in [0.15, 0.2) is 0 Å². The van der Waals surface area contributed by atoms with Crippen molar-refractivity contribution in [1.29, 1.82) is 0 Å². The monoisotopic (exact) mass is 274 g/mol. The summed E-state index contributed by atoms with van der Waals surface area (Å²) >= 11 is 1.64. The Kier molecular flexibility index (Phi) is 5.12. The van der Waals surface area contributed by atoms with Gasteiger partial charge in [-0.1, -0.05) is 18.2 Å². The van der Waals surface area contributed by atoms with Gasteiger partial charge in [-0.25, -0.2) is 0 Å². The molecule has 1 heterocycles. The van der Waals surface area contributed by atoms with Crippen LogP contribution in [0.25, 0.3) is 0 Å². The van der Waals surface area contributed by atoms with E-state index >= 15 is 0 Å². The van der Waals surface area contributed by atoms with Gasteiger partial charge < -0.3 is 10.6 Å². The highest BCUT2D eigenvalue weighted by molar-refractivity contribution is 7.07. The zero-order valence-corrected chi connectivity index (χ0v) is 11.8. The van der Waals surface area contributed by atoms with E-state index < -0.39 is 0 Å². The van der Waals surface area contributed by atoms with E-state index in [2.05, 4.69) is 10.6 Å². The highest BCUT2D eigenvalue weighted by Gasteiger charge is 2.10. The van der Waals surface area contributed by atoms with Crippen molar-refractivity contribution >= 4 is 17.2 Å². The third kappa shape index (κ3) is 3.91. The van der Waals surface area contributed by atoms with Gasteiger partial charge in [0.1, 0.15) is 0 Å². The summed E-state index contributed by atoms with van der Waals surface area (Å²) in [7, 11) is 1.92. The zero-order chi connectivity index (χ0) is 13.5. The van der Waals surface area contributed by atoms with Crippen LogP contribution in [0.15, 0.2) is 41.1 Å². The first-order valence-corrected chi connectivity index (χ1v) is 7.27. The maximum atomic E-state index is 12.2.